The van der Waals surface area contributed by atoms with Gasteiger partial charge in [0.05, 0.1) is 18.6 Å². The lowest BCUT2D eigenvalue weighted by molar-refractivity contribution is -0.141. The minimum Gasteiger partial charge on any atom is -0.481 e. The number of carboxylic acids is 1. The van der Waals surface area contributed by atoms with Gasteiger partial charge in [0.2, 0.25) is 5.91 Å². The largest absolute Gasteiger partial charge is 0.481 e. The molecule has 35 heavy (non-hydrogen) atoms. The maximum atomic E-state index is 12.6. The summed E-state index contributed by atoms with van der Waals surface area (Å²) in [5, 5.41) is 14.7. The third kappa shape index (κ3) is 5.82. The minimum absolute atomic E-state index is 0.0142. The highest BCUT2D eigenvalue weighted by atomic mass is 16.5. The second-order valence-corrected chi connectivity index (χ2v) is 9.55. The fraction of sp³-hybridized carbons (Fsp3) is 0.444. The number of benzene rings is 2. The monoisotopic (exact) mass is 480 g/mol. The Bertz CT molecular complexity index is 1040. The first-order valence-electron chi connectivity index (χ1n) is 12.1. The van der Waals surface area contributed by atoms with Crippen molar-refractivity contribution >= 4 is 18.0 Å². The van der Waals surface area contributed by atoms with Crippen LogP contribution in [0.3, 0.4) is 0 Å². The van der Waals surface area contributed by atoms with Gasteiger partial charge in [-0.1, -0.05) is 62.4 Å². The van der Waals surface area contributed by atoms with Gasteiger partial charge in [-0.15, -0.1) is 0 Å². The molecule has 0 saturated carbocycles. The van der Waals surface area contributed by atoms with E-state index in [-0.39, 0.29) is 50.0 Å². The van der Waals surface area contributed by atoms with E-state index in [9.17, 15) is 14.4 Å². The van der Waals surface area contributed by atoms with Crippen molar-refractivity contribution in [3.8, 4) is 11.1 Å². The lowest BCUT2D eigenvalue weighted by Crippen LogP contribution is -2.43. The Balaban J connectivity index is 1.28. The molecule has 0 spiro atoms. The second kappa shape index (κ2) is 10.9. The fourth-order valence-corrected chi connectivity index (χ4v) is 4.76. The number of hydrogen-bond donors (Lipinski definition) is 3. The van der Waals surface area contributed by atoms with Gasteiger partial charge in [-0.3, -0.25) is 9.59 Å². The normalized spacial score (nSPS) is 19.6. The van der Waals surface area contributed by atoms with E-state index in [1.807, 2.05) is 38.1 Å². The van der Waals surface area contributed by atoms with Gasteiger partial charge in [0, 0.05) is 24.9 Å². The summed E-state index contributed by atoms with van der Waals surface area (Å²) in [6, 6.07) is 15.9. The summed E-state index contributed by atoms with van der Waals surface area (Å²) in [6.45, 7) is 4.48. The first kappa shape index (κ1) is 24.7. The molecule has 4 rings (SSSR count). The number of carbonyl (C=O) groups excluding carboxylic acids is 2. The van der Waals surface area contributed by atoms with Gasteiger partial charge in [-0.05, 0) is 34.6 Å². The van der Waals surface area contributed by atoms with E-state index in [1.54, 1.807) is 0 Å². The lowest BCUT2D eigenvalue weighted by atomic mass is 9.98. The molecule has 2 amide bonds. The Morgan fingerprint density at radius 1 is 1.06 bits per heavy atom. The average Bonchev–Trinajstić information content (AvgIpc) is 3.44. The van der Waals surface area contributed by atoms with Crippen LogP contribution in [0.15, 0.2) is 48.5 Å². The zero-order valence-electron chi connectivity index (χ0n) is 20.0. The van der Waals surface area contributed by atoms with Gasteiger partial charge in [0.15, 0.2) is 0 Å². The average molecular weight is 481 g/mol. The van der Waals surface area contributed by atoms with Crippen molar-refractivity contribution in [1.29, 1.82) is 0 Å². The van der Waals surface area contributed by atoms with E-state index >= 15 is 0 Å². The van der Waals surface area contributed by atoms with Crippen molar-refractivity contribution in [2.24, 2.45) is 11.8 Å². The Morgan fingerprint density at radius 2 is 1.69 bits per heavy atom. The van der Waals surface area contributed by atoms with Crippen molar-refractivity contribution in [3.05, 3.63) is 59.7 Å². The van der Waals surface area contributed by atoms with Crippen LogP contribution in [0.5, 0.6) is 0 Å². The highest BCUT2D eigenvalue weighted by Gasteiger charge is 2.32. The topological polar surface area (TPSA) is 114 Å². The third-order valence-electron chi connectivity index (χ3n) is 6.81. The lowest BCUT2D eigenvalue weighted by Gasteiger charge is -2.23. The smallest absolute Gasteiger partial charge is 0.407 e. The summed E-state index contributed by atoms with van der Waals surface area (Å²) in [5.41, 5.74) is 4.60. The third-order valence-corrected chi connectivity index (χ3v) is 6.81. The molecule has 0 aromatic heterocycles. The molecular formula is C27H32N2O6. The van der Waals surface area contributed by atoms with Crippen molar-refractivity contribution in [1.82, 2.24) is 10.6 Å². The van der Waals surface area contributed by atoms with Crippen LogP contribution in [-0.2, 0) is 19.1 Å². The molecule has 3 unspecified atom stereocenters. The summed E-state index contributed by atoms with van der Waals surface area (Å²) in [7, 11) is 0. The van der Waals surface area contributed by atoms with Crippen molar-refractivity contribution in [2.75, 3.05) is 19.8 Å². The van der Waals surface area contributed by atoms with Crippen molar-refractivity contribution < 1.29 is 29.0 Å². The number of ether oxygens (including phenoxy) is 2. The number of rotatable bonds is 9. The van der Waals surface area contributed by atoms with Gasteiger partial charge in [-0.2, -0.15) is 0 Å². The molecule has 0 bridgehead atoms. The number of amides is 2. The number of aliphatic carboxylic acids is 1. The highest BCUT2D eigenvalue weighted by Crippen LogP contribution is 2.44. The molecule has 1 saturated heterocycles. The molecule has 2 aliphatic rings. The molecule has 2 aromatic carbocycles. The maximum absolute atomic E-state index is 12.6. The van der Waals surface area contributed by atoms with Crippen LogP contribution in [-0.4, -0.2) is 55.0 Å². The summed E-state index contributed by atoms with van der Waals surface area (Å²) < 4.78 is 11.1. The number of alkyl carbamates (subject to hydrolysis) is 1. The van der Waals surface area contributed by atoms with Gasteiger partial charge in [0.1, 0.15) is 6.61 Å². The van der Waals surface area contributed by atoms with E-state index in [0.29, 0.717) is 6.42 Å². The summed E-state index contributed by atoms with van der Waals surface area (Å²) in [5.74, 6) is -1.66. The van der Waals surface area contributed by atoms with Crippen LogP contribution in [0.25, 0.3) is 11.1 Å². The van der Waals surface area contributed by atoms with E-state index in [2.05, 4.69) is 34.9 Å². The molecule has 1 fully saturated rings. The predicted octanol–water partition coefficient (Wildman–Crippen LogP) is 3.55. The second-order valence-electron chi connectivity index (χ2n) is 9.55. The van der Waals surface area contributed by atoms with Crippen LogP contribution in [0.2, 0.25) is 0 Å². The summed E-state index contributed by atoms with van der Waals surface area (Å²) in [4.78, 5) is 36.2. The van der Waals surface area contributed by atoms with Crippen LogP contribution >= 0.6 is 0 Å². The first-order chi connectivity index (χ1) is 16.8. The molecular weight excluding hydrogens is 448 g/mol. The molecule has 0 radical (unpaired) electrons. The Morgan fingerprint density at radius 3 is 2.26 bits per heavy atom. The summed E-state index contributed by atoms with van der Waals surface area (Å²) in [6.07, 6.45) is -0.396. The SMILES string of the molecule is CC(C)C(CC(=O)NCC1CC(C(=O)O)CO1)NC(=O)OCC1c2ccccc2-c2ccccc21. The molecule has 1 aliphatic carbocycles. The fourth-order valence-electron chi connectivity index (χ4n) is 4.76. The zero-order valence-corrected chi connectivity index (χ0v) is 20.0. The minimum atomic E-state index is -0.883. The van der Waals surface area contributed by atoms with E-state index in [1.165, 1.54) is 0 Å². The van der Waals surface area contributed by atoms with Gasteiger partial charge < -0.3 is 25.2 Å². The number of carboxylic acid groups (broad SMARTS) is 1. The van der Waals surface area contributed by atoms with Crippen molar-refractivity contribution in [3.63, 3.8) is 0 Å². The standard InChI is InChI=1S/C27H32N2O6/c1-16(2)24(12-25(30)28-13-18-11-17(14-34-18)26(31)32)29-27(33)35-15-23-21-9-5-3-7-19(21)20-8-4-6-10-22(20)23/h3-10,16-18,23-24H,11-15H2,1-2H3,(H,28,30)(H,29,33)(H,31,32). The van der Waals surface area contributed by atoms with E-state index in [0.717, 1.165) is 22.3 Å². The van der Waals surface area contributed by atoms with Crippen LogP contribution in [0.4, 0.5) is 4.79 Å². The van der Waals surface area contributed by atoms with Crippen LogP contribution < -0.4 is 10.6 Å². The van der Waals surface area contributed by atoms with Gasteiger partial charge in [0.25, 0.3) is 0 Å². The molecule has 8 nitrogen and oxygen atoms in total. The Kier molecular flexibility index (Phi) is 7.70. The van der Waals surface area contributed by atoms with E-state index < -0.39 is 24.0 Å². The molecule has 8 heteroatoms. The molecule has 186 valence electrons. The number of carbonyl (C=O) groups is 3. The van der Waals surface area contributed by atoms with Gasteiger partial charge >= 0.3 is 12.1 Å². The molecule has 3 N–H and O–H groups in total. The van der Waals surface area contributed by atoms with Gasteiger partial charge in [-0.25, -0.2) is 4.79 Å². The highest BCUT2D eigenvalue weighted by molar-refractivity contribution is 5.79. The molecule has 1 aliphatic heterocycles. The number of fused-ring (bicyclic) bond motifs is 3. The zero-order chi connectivity index (χ0) is 24.9. The van der Waals surface area contributed by atoms with Crippen LogP contribution in [0.1, 0.15) is 43.7 Å². The number of nitrogens with one attached hydrogen (secondary N) is 2. The Labute approximate surface area is 205 Å². The Hall–Kier alpha value is -3.39. The molecule has 1 heterocycles. The van der Waals surface area contributed by atoms with Crippen molar-refractivity contribution in [2.45, 2.75) is 44.8 Å². The quantitative estimate of drug-likeness (QED) is 0.506. The number of hydrogen-bond acceptors (Lipinski definition) is 5. The summed E-state index contributed by atoms with van der Waals surface area (Å²) >= 11 is 0. The maximum Gasteiger partial charge on any atom is 0.407 e. The van der Waals surface area contributed by atoms with Crippen LogP contribution in [0, 0.1) is 11.8 Å². The van der Waals surface area contributed by atoms with E-state index in [4.69, 9.17) is 14.6 Å². The molecule has 2 aromatic rings. The predicted molar refractivity (Wildman–Crippen MR) is 130 cm³/mol. The first-order valence-corrected chi connectivity index (χ1v) is 12.1. The molecule has 3 atom stereocenters.